The van der Waals surface area contributed by atoms with Gasteiger partial charge in [0.05, 0.1) is 0 Å². The standard InChI is InChI=1S/C23H29Cl2NO3/c1-23-9-8-18-17-5-3-16(29-22(28)26(12-10-24)13-11-25)14-15(17)2-4-19(18)20(23)6-7-21(23)27/h3,5,14,18-20H,2,4,6-13H2,1H3/t18-,19+,20+,23-/m0/s1. The van der Waals surface area contributed by atoms with Crippen LogP contribution in [0.2, 0.25) is 0 Å². The molecule has 0 bridgehead atoms. The number of hydrogen-bond donors (Lipinski definition) is 0. The van der Waals surface area contributed by atoms with Gasteiger partial charge in [0, 0.05) is 36.7 Å². The molecule has 1 aromatic rings. The summed E-state index contributed by atoms with van der Waals surface area (Å²) in [6.07, 6.45) is 5.58. The highest BCUT2D eigenvalue weighted by atomic mass is 35.5. The highest BCUT2D eigenvalue weighted by Crippen LogP contribution is 2.59. The van der Waals surface area contributed by atoms with Crippen molar-refractivity contribution in [3.05, 3.63) is 29.3 Å². The first-order chi connectivity index (χ1) is 14.0. The number of carbonyl (C=O) groups excluding carboxylic acids is 2. The van der Waals surface area contributed by atoms with Gasteiger partial charge in [-0.3, -0.25) is 4.79 Å². The summed E-state index contributed by atoms with van der Waals surface area (Å²) in [7, 11) is 0. The highest BCUT2D eigenvalue weighted by molar-refractivity contribution is 6.18. The maximum Gasteiger partial charge on any atom is 0.415 e. The second kappa shape index (κ2) is 8.47. The lowest BCUT2D eigenvalue weighted by Crippen LogP contribution is -2.42. The third kappa shape index (κ3) is 3.79. The number of ketones is 1. The fourth-order valence-electron chi connectivity index (χ4n) is 6.06. The maximum atomic E-state index is 12.5. The van der Waals surface area contributed by atoms with Crippen LogP contribution in [0.25, 0.3) is 0 Å². The third-order valence-corrected chi connectivity index (χ3v) is 7.92. The van der Waals surface area contributed by atoms with Crippen molar-refractivity contribution in [2.75, 3.05) is 24.8 Å². The summed E-state index contributed by atoms with van der Waals surface area (Å²) in [5.74, 6) is 3.41. The Kier molecular flexibility index (Phi) is 6.13. The molecule has 0 saturated heterocycles. The molecular weight excluding hydrogens is 409 g/mol. The summed E-state index contributed by atoms with van der Waals surface area (Å²) in [6.45, 7) is 3.04. The van der Waals surface area contributed by atoms with Gasteiger partial charge in [0.15, 0.2) is 0 Å². The van der Waals surface area contributed by atoms with E-state index in [0.29, 0.717) is 54.1 Å². The van der Waals surface area contributed by atoms with Gasteiger partial charge in [-0.25, -0.2) is 4.79 Å². The van der Waals surface area contributed by atoms with E-state index in [9.17, 15) is 9.59 Å². The number of halogens is 2. The van der Waals surface area contributed by atoms with Crippen LogP contribution in [0.3, 0.4) is 0 Å². The zero-order valence-electron chi connectivity index (χ0n) is 17.0. The number of fused-ring (bicyclic) bond motifs is 5. The van der Waals surface area contributed by atoms with Gasteiger partial charge >= 0.3 is 6.09 Å². The Labute approximate surface area is 182 Å². The molecule has 0 heterocycles. The van der Waals surface area contributed by atoms with E-state index in [4.69, 9.17) is 27.9 Å². The van der Waals surface area contributed by atoms with Crippen molar-refractivity contribution in [1.29, 1.82) is 0 Å². The predicted molar refractivity (Wildman–Crippen MR) is 115 cm³/mol. The molecule has 0 N–H and O–H groups in total. The molecule has 158 valence electrons. The monoisotopic (exact) mass is 437 g/mol. The number of alkyl halides is 2. The summed E-state index contributed by atoms with van der Waals surface area (Å²) >= 11 is 11.6. The zero-order chi connectivity index (χ0) is 20.6. The van der Waals surface area contributed by atoms with Gasteiger partial charge in [-0.2, -0.15) is 0 Å². The van der Waals surface area contributed by atoms with E-state index in [1.165, 1.54) is 16.0 Å². The Hall–Kier alpha value is -1.26. The van der Waals surface area contributed by atoms with Gasteiger partial charge in [0.2, 0.25) is 0 Å². The van der Waals surface area contributed by atoms with Crippen LogP contribution < -0.4 is 4.74 Å². The van der Waals surface area contributed by atoms with Crippen LogP contribution in [0.15, 0.2) is 18.2 Å². The second-order valence-corrected chi connectivity index (χ2v) is 9.68. The summed E-state index contributed by atoms with van der Waals surface area (Å²) in [6, 6.07) is 6.07. The lowest BCUT2D eigenvalue weighted by atomic mass is 9.55. The van der Waals surface area contributed by atoms with E-state index in [2.05, 4.69) is 13.0 Å². The Morgan fingerprint density at radius 1 is 1.17 bits per heavy atom. The molecule has 1 amide bonds. The first-order valence-corrected chi connectivity index (χ1v) is 11.8. The Morgan fingerprint density at radius 2 is 1.93 bits per heavy atom. The van der Waals surface area contributed by atoms with E-state index in [1.807, 2.05) is 12.1 Å². The average molecular weight is 438 g/mol. The number of amides is 1. The molecule has 0 aliphatic heterocycles. The molecule has 0 aromatic heterocycles. The number of Topliss-reactive ketones (excluding diaryl/α,β-unsaturated/α-hetero) is 1. The predicted octanol–water partition coefficient (Wildman–Crippen LogP) is 5.39. The molecule has 3 aliphatic rings. The van der Waals surface area contributed by atoms with Crippen LogP contribution in [-0.2, 0) is 11.2 Å². The van der Waals surface area contributed by atoms with Crippen molar-refractivity contribution >= 4 is 35.1 Å². The quantitative estimate of drug-likeness (QED) is 0.579. The lowest BCUT2D eigenvalue weighted by molar-refractivity contribution is -0.129. The molecule has 2 fully saturated rings. The minimum atomic E-state index is -0.405. The van der Waals surface area contributed by atoms with Gasteiger partial charge in [0.25, 0.3) is 0 Å². The van der Waals surface area contributed by atoms with E-state index in [-0.39, 0.29) is 5.41 Å². The van der Waals surface area contributed by atoms with Gasteiger partial charge in [-0.1, -0.05) is 13.0 Å². The van der Waals surface area contributed by atoms with Gasteiger partial charge in [-0.15, -0.1) is 23.2 Å². The number of benzene rings is 1. The first-order valence-electron chi connectivity index (χ1n) is 10.7. The summed E-state index contributed by atoms with van der Waals surface area (Å²) < 4.78 is 5.61. The maximum absolute atomic E-state index is 12.5. The summed E-state index contributed by atoms with van der Waals surface area (Å²) in [5.41, 5.74) is 2.58. The number of ether oxygens (including phenoxy) is 1. The van der Waals surface area contributed by atoms with Crippen LogP contribution >= 0.6 is 23.2 Å². The molecule has 0 radical (unpaired) electrons. The molecule has 2 saturated carbocycles. The van der Waals surface area contributed by atoms with Gasteiger partial charge in [-0.05, 0) is 73.1 Å². The lowest BCUT2D eigenvalue weighted by Gasteiger charge is -2.48. The number of aryl methyl sites for hydroxylation is 1. The molecule has 4 rings (SSSR count). The number of carbonyl (C=O) groups is 2. The minimum Gasteiger partial charge on any atom is -0.410 e. The van der Waals surface area contributed by atoms with Crippen molar-refractivity contribution < 1.29 is 14.3 Å². The van der Waals surface area contributed by atoms with Crippen LogP contribution in [0.4, 0.5) is 4.79 Å². The van der Waals surface area contributed by atoms with Crippen molar-refractivity contribution in [2.24, 2.45) is 17.3 Å². The third-order valence-electron chi connectivity index (χ3n) is 7.58. The van der Waals surface area contributed by atoms with Gasteiger partial charge < -0.3 is 9.64 Å². The fraction of sp³-hybridized carbons (Fsp3) is 0.652. The van der Waals surface area contributed by atoms with Crippen molar-refractivity contribution in [3.8, 4) is 5.75 Å². The highest BCUT2D eigenvalue weighted by Gasteiger charge is 2.54. The topological polar surface area (TPSA) is 46.6 Å². The molecule has 4 atom stereocenters. The summed E-state index contributed by atoms with van der Waals surface area (Å²) in [5, 5.41) is 0. The Morgan fingerprint density at radius 3 is 2.66 bits per heavy atom. The van der Waals surface area contributed by atoms with Crippen molar-refractivity contribution in [3.63, 3.8) is 0 Å². The van der Waals surface area contributed by atoms with E-state index >= 15 is 0 Å². The average Bonchev–Trinajstić information content (AvgIpc) is 3.02. The Bertz CT molecular complexity index is 792. The van der Waals surface area contributed by atoms with Crippen molar-refractivity contribution in [1.82, 2.24) is 4.90 Å². The summed E-state index contributed by atoms with van der Waals surface area (Å²) in [4.78, 5) is 26.4. The molecule has 0 spiro atoms. The molecule has 1 aromatic carbocycles. The second-order valence-electron chi connectivity index (χ2n) is 8.93. The van der Waals surface area contributed by atoms with Crippen LogP contribution in [0, 0.1) is 17.3 Å². The smallest absolute Gasteiger partial charge is 0.410 e. The van der Waals surface area contributed by atoms with Gasteiger partial charge in [0.1, 0.15) is 11.5 Å². The van der Waals surface area contributed by atoms with E-state index < -0.39 is 6.09 Å². The normalized spacial score (nSPS) is 30.3. The molecule has 3 aliphatic carbocycles. The Balaban J connectivity index is 1.50. The molecule has 29 heavy (non-hydrogen) atoms. The number of nitrogens with zero attached hydrogens (tertiary/aromatic N) is 1. The van der Waals surface area contributed by atoms with E-state index in [0.717, 1.165) is 38.5 Å². The van der Waals surface area contributed by atoms with Crippen molar-refractivity contribution in [2.45, 2.75) is 51.4 Å². The number of rotatable bonds is 5. The zero-order valence-corrected chi connectivity index (χ0v) is 18.5. The van der Waals surface area contributed by atoms with Crippen LogP contribution in [-0.4, -0.2) is 41.6 Å². The molecule has 4 nitrogen and oxygen atoms in total. The molecular formula is C23H29Cl2NO3. The molecule has 0 unspecified atom stereocenters. The first kappa shape index (κ1) is 21.0. The molecule has 6 heteroatoms. The van der Waals surface area contributed by atoms with Crippen LogP contribution in [0.1, 0.15) is 56.1 Å². The number of hydrogen-bond acceptors (Lipinski definition) is 3. The minimum absolute atomic E-state index is 0.0948. The van der Waals surface area contributed by atoms with E-state index in [1.54, 1.807) is 0 Å². The SMILES string of the molecule is C[C@]12CC[C@H]3c4ccc(OC(=O)N(CCCl)CCCl)cc4CC[C@H]3[C@H]1CCC2=O. The van der Waals surface area contributed by atoms with Crippen LogP contribution in [0.5, 0.6) is 5.75 Å². The largest absolute Gasteiger partial charge is 0.415 e. The fourth-order valence-corrected chi connectivity index (χ4v) is 6.47.